The summed E-state index contributed by atoms with van der Waals surface area (Å²) in [5, 5.41) is 5.74. The van der Waals surface area contributed by atoms with E-state index in [-0.39, 0.29) is 17.7 Å². The Balaban J connectivity index is 2.94. The Morgan fingerprint density at radius 3 is 2.24 bits per heavy atom. The SMILES string of the molecule is CCNc1nc(NC(CC)CC)c(F)cc1F. The van der Waals surface area contributed by atoms with Crippen LogP contribution in [0.1, 0.15) is 33.6 Å². The minimum absolute atomic E-state index is 0.0855. The molecule has 0 bridgehead atoms. The molecule has 0 aliphatic rings. The van der Waals surface area contributed by atoms with Gasteiger partial charge < -0.3 is 10.6 Å². The van der Waals surface area contributed by atoms with Gasteiger partial charge in [0.2, 0.25) is 0 Å². The van der Waals surface area contributed by atoms with Crippen molar-refractivity contribution in [3.05, 3.63) is 17.7 Å². The Morgan fingerprint density at radius 2 is 1.71 bits per heavy atom. The molecule has 2 N–H and O–H groups in total. The van der Waals surface area contributed by atoms with Crippen molar-refractivity contribution in [3.63, 3.8) is 0 Å². The normalized spacial score (nSPS) is 10.7. The first-order chi connectivity index (χ1) is 8.12. The van der Waals surface area contributed by atoms with Gasteiger partial charge in [-0.15, -0.1) is 0 Å². The highest BCUT2D eigenvalue weighted by Gasteiger charge is 2.13. The standard InChI is InChI=1S/C12H19F2N3/c1-4-8(5-2)16-12-10(14)7-9(13)11(17-12)15-6-3/h7-8H,4-6H2,1-3H3,(H2,15,16,17). The van der Waals surface area contributed by atoms with Crippen LogP contribution in [-0.2, 0) is 0 Å². The summed E-state index contributed by atoms with van der Waals surface area (Å²) in [5.41, 5.74) is 0. The molecule has 17 heavy (non-hydrogen) atoms. The van der Waals surface area contributed by atoms with E-state index in [0.717, 1.165) is 18.9 Å². The third kappa shape index (κ3) is 3.54. The van der Waals surface area contributed by atoms with Crippen LogP contribution < -0.4 is 10.6 Å². The Kier molecular flexibility index (Phi) is 5.12. The second-order valence-corrected chi connectivity index (χ2v) is 3.84. The van der Waals surface area contributed by atoms with Crippen LogP contribution >= 0.6 is 0 Å². The van der Waals surface area contributed by atoms with E-state index in [4.69, 9.17) is 0 Å². The first-order valence-electron chi connectivity index (χ1n) is 5.98. The van der Waals surface area contributed by atoms with Crippen molar-refractivity contribution in [1.29, 1.82) is 0 Å². The van der Waals surface area contributed by atoms with Crippen LogP contribution in [0.4, 0.5) is 20.4 Å². The zero-order valence-corrected chi connectivity index (χ0v) is 10.5. The van der Waals surface area contributed by atoms with Gasteiger partial charge in [0.25, 0.3) is 0 Å². The third-order valence-corrected chi connectivity index (χ3v) is 2.60. The van der Waals surface area contributed by atoms with E-state index in [1.807, 2.05) is 20.8 Å². The van der Waals surface area contributed by atoms with Crippen molar-refractivity contribution in [2.45, 2.75) is 39.7 Å². The van der Waals surface area contributed by atoms with Gasteiger partial charge in [-0.1, -0.05) is 13.8 Å². The highest BCUT2D eigenvalue weighted by molar-refractivity contribution is 5.47. The molecule has 5 heteroatoms. The van der Waals surface area contributed by atoms with Crippen molar-refractivity contribution in [3.8, 4) is 0 Å². The molecule has 0 aliphatic heterocycles. The minimum Gasteiger partial charge on any atom is -0.368 e. The van der Waals surface area contributed by atoms with Gasteiger partial charge in [0.15, 0.2) is 23.3 Å². The summed E-state index contributed by atoms with van der Waals surface area (Å²) in [7, 11) is 0. The van der Waals surface area contributed by atoms with Gasteiger partial charge in [0.05, 0.1) is 0 Å². The van der Waals surface area contributed by atoms with E-state index >= 15 is 0 Å². The molecule has 1 aromatic rings. The lowest BCUT2D eigenvalue weighted by Gasteiger charge is -2.17. The fraction of sp³-hybridized carbons (Fsp3) is 0.583. The predicted octanol–water partition coefficient (Wildman–Crippen LogP) is 3.39. The molecule has 0 aliphatic carbocycles. The lowest BCUT2D eigenvalue weighted by atomic mass is 10.2. The zero-order chi connectivity index (χ0) is 12.8. The van der Waals surface area contributed by atoms with E-state index in [2.05, 4.69) is 15.6 Å². The van der Waals surface area contributed by atoms with E-state index in [1.54, 1.807) is 0 Å². The summed E-state index contributed by atoms with van der Waals surface area (Å²) < 4.78 is 26.8. The van der Waals surface area contributed by atoms with E-state index < -0.39 is 11.6 Å². The van der Waals surface area contributed by atoms with Gasteiger partial charge in [0.1, 0.15) is 0 Å². The van der Waals surface area contributed by atoms with Crippen molar-refractivity contribution in [2.75, 3.05) is 17.2 Å². The molecule has 0 fully saturated rings. The number of nitrogens with one attached hydrogen (secondary N) is 2. The molecule has 0 amide bonds. The quantitative estimate of drug-likeness (QED) is 0.804. The van der Waals surface area contributed by atoms with Gasteiger partial charge in [0, 0.05) is 18.7 Å². The van der Waals surface area contributed by atoms with Crippen LogP contribution in [0.25, 0.3) is 0 Å². The van der Waals surface area contributed by atoms with E-state index in [9.17, 15) is 8.78 Å². The van der Waals surface area contributed by atoms with Crippen molar-refractivity contribution >= 4 is 11.6 Å². The average molecular weight is 243 g/mol. The van der Waals surface area contributed by atoms with Crippen LogP contribution in [0.5, 0.6) is 0 Å². The number of hydrogen-bond donors (Lipinski definition) is 2. The Hall–Kier alpha value is -1.39. The smallest absolute Gasteiger partial charge is 0.168 e. The third-order valence-electron chi connectivity index (χ3n) is 2.60. The number of anilines is 2. The number of rotatable bonds is 6. The maximum atomic E-state index is 13.5. The summed E-state index contributed by atoms with van der Waals surface area (Å²) >= 11 is 0. The molecular formula is C12H19F2N3. The summed E-state index contributed by atoms with van der Waals surface area (Å²) in [6, 6.07) is 1.01. The molecule has 1 heterocycles. The van der Waals surface area contributed by atoms with Crippen LogP contribution in [0.15, 0.2) is 6.07 Å². The topological polar surface area (TPSA) is 37.0 Å². The molecule has 1 aromatic heterocycles. The highest BCUT2D eigenvalue weighted by Crippen LogP contribution is 2.20. The van der Waals surface area contributed by atoms with Gasteiger partial charge in [-0.25, -0.2) is 13.8 Å². The van der Waals surface area contributed by atoms with E-state index in [0.29, 0.717) is 6.54 Å². The fourth-order valence-corrected chi connectivity index (χ4v) is 1.55. The molecule has 0 saturated carbocycles. The summed E-state index contributed by atoms with van der Waals surface area (Å²) in [4.78, 5) is 3.93. The van der Waals surface area contributed by atoms with Crippen LogP contribution in [-0.4, -0.2) is 17.6 Å². The number of halogens is 2. The number of pyridine rings is 1. The summed E-state index contributed by atoms with van der Waals surface area (Å²) in [6.45, 7) is 6.39. The minimum atomic E-state index is -0.667. The largest absolute Gasteiger partial charge is 0.368 e. The average Bonchev–Trinajstić information content (AvgIpc) is 2.31. The van der Waals surface area contributed by atoms with Gasteiger partial charge >= 0.3 is 0 Å². The molecule has 0 atom stereocenters. The molecule has 1 rings (SSSR count). The highest BCUT2D eigenvalue weighted by atomic mass is 19.1. The maximum absolute atomic E-state index is 13.5. The van der Waals surface area contributed by atoms with Crippen molar-refractivity contribution < 1.29 is 8.78 Å². The Morgan fingerprint density at radius 1 is 1.12 bits per heavy atom. The molecule has 0 spiro atoms. The fourth-order valence-electron chi connectivity index (χ4n) is 1.55. The van der Waals surface area contributed by atoms with Crippen LogP contribution in [0, 0.1) is 11.6 Å². The zero-order valence-electron chi connectivity index (χ0n) is 10.5. The number of hydrogen-bond acceptors (Lipinski definition) is 3. The molecule has 96 valence electrons. The van der Waals surface area contributed by atoms with Crippen molar-refractivity contribution in [1.82, 2.24) is 4.98 Å². The van der Waals surface area contributed by atoms with E-state index in [1.165, 1.54) is 0 Å². The first kappa shape index (κ1) is 13.7. The maximum Gasteiger partial charge on any atom is 0.168 e. The number of aromatic nitrogens is 1. The van der Waals surface area contributed by atoms with Gasteiger partial charge in [-0.3, -0.25) is 0 Å². The molecule has 0 saturated heterocycles. The Bertz CT molecular complexity index is 365. The second-order valence-electron chi connectivity index (χ2n) is 3.84. The number of nitrogens with zero attached hydrogens (tertiary/aromatic N) is 1. The van der Waals surface area contributed by atoms with Gasteiger partial charge in [-0.05, 0) is 19.8 Å². The Labute approximate surface area is 101 Å². The lowest BCUT2D eigenvalue weighted by Crippen LogP contribution is -2.19. The molecular weight excluding hydrogens is 224 g/mol. The summed E-state index contributed by atoms with van der Waals surface area (Å²) in [6.07, 6.45) is 1.73. The monoisotopic (exact) mass is 243 g/mol. The summed E-state index contributed by atoms with van der Waals surface area (Å²) in [5.74, 6) is -1.13. The molecule has 0 aromatic carbocycles. The van der Waals surface area contributed by atoms with Crippen LogP contribution in [0.3, 0.4) is 0 Å². The molecule has 3 nitrogen and oxygen atoms in total. The predicted molar refractivity (Wildman–Crippen MR) is 66.3 cm³/mol. The van der Waals surface area contributed by atoms with Gasteiger partial charge in [-0.2, -0.15) is 0 Å². The molecule has 0 radical (unpaired) electrons. The second kappa shape index (κ2) is 6.37. The molecule has 0 unspecified atom stereocenters. The first-order valence-corrected chi connectivity index (χ1v) is 5.98. The lowest BCUT2D eigenvalue weighted by molar-refractivity contribution is 0.572. The van der Waals surface area contributed by atoms with Crippen LogP contribution in [0.2, 0.25) is 0 Å². The van der Waals surface area contributed by atoms with Crippen molar-refractivity contribution in [2.24, 2.45) is 0 Å².